The van der Waals surface area contributed by atoms with Gasteiger partial charge in [0.05, 0.1) is 7.11 Å². The van der Waals surface area contributed by atoms with Crippen molar-refractivity contribution in [2.24, 2.45) is 0 Å². The average Bonchev–Trinajstić information content (AvgIpc) is 3.32. The monoisotopic (exact) mass is 405 g/mol. The van der Waals surface area contributed by atoms with E-state index in [1.54, 1.807) is 13.2 Å². The molecule has 0 radical (unpaired) electrons. The quantitative estimate of drug-likeness (QED) is 0.459. The second-order valence-corrected chi connectivity index (χ2v) is 8.44. The number of aryl methyl sites for hydroxylation is 1. The summed E-state index contributed by atoms with van der Waals surface area (Å²) in [5, 5.41) is 2.30. The number of rotatable bonds is 5. The number of piperidine rings is 1. The van der Waals surface area contributed by atoms with Crippen LogP contribution >= 0.6 is 0 Å². The number of ether oxygens (including phenoxy) is 1. The van der Waals surface area contributed by atoms with Crippen molar-refractivity contribution in [2.75, 3.05) is 26.7 Å². The van der Waals surface area contributed by atoms with Crippen LogP contribution < -0.4 is 4.74 Å². The van der Waals surface area contributed by atoms with Crippen molar-refractivity contribution < 1.29 is 9.13 Å². The van der Waals surface area contributed by atoms with Gasteiger partial charge in [0.1, 0.15) is 11.6 Å². The highest BCUT2D eigenvalue weighted by molar-refractivity contribution is 5.86. The Balaban J connectivity index is 1.25. The number of H-pyrrole nitrogens is 2. The van der Waals surface area contributed by atoms with Crippen molar-refractivity contribution in [2.45, 2.75) is 32.1 Å². The number of benzene rings is 2. The van der Waals surface area contributed by atoms with Crippen LogP contribution in [0.5, 0.6) is 5.75 Å². The molecule has 0 aliphatic carbocycles. The molecule has 0 unspecified atom stereocenters. The number of nitrogens with one attached hydrogen (secondary N) is 2. The lowest BCUT2D eigenvalue weighted by Crippen LogP contribution is -2.34. The van der Waals surface area contributed by atoms with Crippen LogP contribution in [0, 0.1) is 12.7 Å². The van der Waals surface area contributed by atoms with Gasteiger partial charge in [0.2, 0.25) is 0 Å². The van der Waals surface area contributed by atoms with Crippen LogP contribution in [0.1, 0.15) is 35.6 Å². The molecule has 3 heterocycles. The fourth-order valence-electron chi connectivity index (χ4n) is 5.00. The van der Waals surface area contributed by atoms with Gasteiger partial charge in [-0.1, -0.05) is 0 Å². The second-order valence-electron chi connectivity index (χ2n) is 8.44. The minimum absolute atomic E-state index is 0.161. The van der Waals surface area contributed by atoms with Gasteiger partial charge in [-0.3, -0.25) is 0 Å². The number of likely N-dealkylation sites (tertiary alicyclic amines) is 1. The smallest absolute Gasteiger partial charge is 0.123 e. The van der Waals surface area contributed by atoms with Gasteiger partial charge in [-0.2, -0.15) is 0 Å². The maximum absolute atomic E-state index is 13.7. The molecule has 2 aromatic heterocycles. The lowest BCUT2D eigenvalue weighted by Gasteiger charge is -2.32. The summed E-state index contributed by atoms with van der Waals surface area (Å²) < 4.78 is 19.1. The minimum Gasteiger partial charge on any atom is -0.497 e. The number of hydrogen-bond acceptors (Lipinski definition) is 2. The molecule has 0 saturated carbocycles. The summed E-state index contributed by atoms with van der Waals surface area (Å²) in [6, 6.07) is 11.3. The zero-order valence-corrected chi connectivity index (χ0v) is 17.6. The molecule has 4 nitrogen and oxygen atoms in total. The summed E-state index contributed by atoms with van der Waals surface area (Å²) >= 11 is 0. The first-order valence-electron chi connectivity index (χ1n) is 10.8. The highest BCUT2D eigenvalue weighted by atomic mass is 19.1. The van der Waals surface area contributed by atoms with Crippen LogP contribution in [-0.4, -0.2) is 41.6 Å². The van der Waals surface area contributed by atoms with Crippen LogP contribution in [0.3, 0.4) is 0 Å². The van der Waals surface area contributed by atoms with Gasteiger partial charge in [-0.15, -0.1) is 0 Å². The Bertz CT molecular complexity index is 1180. The van der Waals surface area contributed by atoms with E-state index in [1.165, 1.54) is 33.8 Å². The third-order valence-electron chi connectivity index (χ3n) is 6.71. The van der Waals surface area contributed by atoms with Gasteiger partial charge in [-0.25, -0.2) is 4.39 Å². The number of hydrogen-bond donors (Lipinski definition) is 2. The van der Waals surface area contributed by atoms with Crippen LogP contribution in [0.15, 0.2) is 42.6 Å². The number of aromatic nitrogens is 2. The van der Waals surface area contributed by atoms with Crippen molar-refractivity contribution in [3.8, 4) is 5.75 Å². The molecular formula is C25H28FN3O. The van der Waals surface area contributed by atoms with Crippen LogP contribution in [0.2, 0.25) is 0 Å². The molecular weight excluding hydrogens is 377 g/mol. The molecule has 4 aromatic rings. The predicted octanol–water partition coefficient (Wildman–Crippen LogP) is 5.53. The maximum atomic E-state index is 13.7. The minimum atomic E-state index is -0.161. The van der Waals surface area contributed by atoms with E-state index in [9.17, 15) is 4.39 Å². The first-order chi connectivity index (χ1) is 14.6. The Labute approximate surface area is 176 Å². The first-order valence-corrected chi connectivity index (χ1v) is 10.8. The van der Waals surface area contributed by atoms with E-state index in [0.29, 0.717) is 5.92 Å². The number of methoxy groups -OCH3 is 1. The fourth-order valence-corrected chi connectivity index (χ4v) is 5.00. The zero-order valence-electron chi connectivity index (χ0n) is 17.6. The predicted molar refractivity (Wildman–Crippen MR) is 120 cm³/mol. The molecule has 2 N–H and O–H groups in total. The number of halogens is 1. The molecule has 0 spiro atoms. The highest BCUT2D eigenvalue weighted by Crippen LogP contribution is 2.34. The Kier molecular flexibility index (Phi) is 4.99. The summed E-state index contributed by atoms with van der Waals surface area (Å²) in [5.41, 5.74) is 6.10. The molecule has 2 aromatic carbocycles. The zero-order chi connectivity index (χ0) is 20.7. The van der Waals surface area contributed by atoms with E-state index in [-0.39, 0.29) is 5.82 Å². The van der Waals surface area contributed by atoms with Crippen LogP contribution in [0.25, 0.3) is 21.8 Å². The van der Waals surface area contributed by atoms with Gasteiger partial charge in [0.25, 0.3) is 0 Å². The molecule has 0 atom stereocenters. The molecule has 1 aliphatic rings. The van der Waals surface area contributed by atoms with E-state index in [4.69, 9.17) is 4.74 Å². The summed E-state index contributed by atoms with van der Waals surface area (Å²) in [6.45, 7) is 5.37. The first kappa shape index (κ1) is 19.2. The van der Waals surface area contributed by atoms with Crippen molar-refractivity contribution in [3.05, 3.63) is 65.2 Å². The Hall–Kier alpha value is -2.79. The molecule has 1 saturated heterocycles. The van der Waals surface area contributed by atoms with E-state index >= 15 is 0 Å². The molecule has 0 bridgehead atoms. The number of nitrogens with zero attached hydrogens (tertiary/aromatic N) is 1. The SMILES string of the molecule is COc1ccc2[nH]c(C)c(CCN3CCC(c4c[nH]c5ccc(F)cc45)CC3)c2c1. The van der Waals surface area contributed by atoms with Crippen LogP contribution in [0.4, 0.5) is 4.39 Å². The summed E-state index contributed by atoms with van der Waals surface area (Å²) in [5.74, 6) is 1.24. The lowest BCUT2D eigenvalue weighted by molar-refractivity contribution is 0.215. The summed E-state index contributed by atoms with van der Waals surface area (Å²) in [6.07, 6.45) is 5.34. The van der Waals surface area contributed by atoms with E-state index in [0.717, 1.165) is 55.5 Å². The topological polar surface area (TPSA) is 44.0 Å². The third kappa shape index (κ3) is 3.47. The van der Waals surface area contributed by atoms with Crippen molar-refractivity contribution in [1.82, 2.24) is 14.9 Å². The van der Waals surface area contributed by atoms with Gasteiger partial charge in [0, 0.05) is 40.2 Å². The van der Waals surface area contributed by atoms with Gasteiger partial charge >= 0.3 is 0 Å². The second kappa shape index (κ2) is 7.80. The molecule has 30 heavy (non-hydrogen) atoms. The molecule has 1 aliphatic heterocycles. The number of aromatic amines is 2. The summed E-state index contributed by atoms with van der Waals surface area (Å²) in [7, 11) is 1.71. The lowest BCUT2D eigenvalue weighted by atomic mass is 9.89. The number of fused-ring (bicyclic) bond motifs is 2. The molecule has 156 valence electrons. The normalized spacial score (nSPS) is 16.0. The van der Waals surface area contributed by atoms with Gasteiger partial charge < -0.3 is 19.6 Å². The van der Waals surface area contributed by atoms with Crippen molar-refractivity contribution in [3.63, 3.8) is 0 Å². The van der Waals surface area contributed by atoms with Crippen molar-refractivity contribution >= 4 is 21.8 Å². The van der Waals surface area contributed by atoms with E-state index < -0.39 is 0 Å². The van der Waals surface area contributed by atoms with Crippen molar-refractivity contribution in [1.29, 1.82) is 0 Å². The molecule has 1 fully saturated rings. The molecule has 5 rings (SSSR count). The standard InChI is InChI=1S/C25H28FN3O/c1-16-20(22-14-19(30-2)4-6-25(22)28-16)9-12-29-10-7-17(8-11-29)23-15-27-24-5-3-18(26)13-21(23)24/h3-6,13-15,17,27-28H,7-12H2,1-2H3. The van der Waals surface area contributed by atoms with E-state index in [1.807, 2.05) is 12.1 Å². The Morgan fingerprint density at radius 3 is 2.67 bits per heavy atom. The fraction of sp³-hybridized carbons (Fsp3) is 0.360. The highest BCUT2D eigenvalue weighted by Gasteiger charge is 2.23. The summed E-state index contributed by atoms with van der Waals surface area (Å²) in [4.78, 5) is 9.37. The van der Waals surface area contributed by atoms with E-state index in [2.05, 4.69) is 40.1 Å². The van der Waals surface area contributed by atoms with Gasteiger partial charge in [0.15, 0.2) is 0 Å². The van der Waals surface area contributed by atoms with Crippen LogP contribution in [-0.2, 0) is 6.42 Å². The average molecular weight is 406 g/mol. The van der Waals surface area contributed by atoms with Gasteiger partial charge in [-0.05, 0) is 92.7 Å². The largest absolute Gasteiger partial charge is 0.497 e. The third-order valence-corrected chi connectivity index (χ3v) is 6.71. The Morgan fingerprint density at radius 1 is 1.07 bits per heavy atom. The Morgan fingerprint density at radius 2 is 1.87 bits per heavy atom. The maximum Gasteiger partial charge on any atom is 0.123 e. The molecule has 0 amide bonds. The molecule has 5 heteroatoms.